The van der Waals surface area contributed by atoms with Crippen molar-refractivity contribution in [1.29, 1.82) is 5.26 Å². The van der Waals surface area contributed by atoms with Crippen LogP contribution in [0, 0.1) is 17.1 Å². The smallest absolute Gasteiger partial charge is 0.373 e. The van der Waals surface area contributed by atoms with Gasteiger partial charge in [0, 0.05) is 13.0 Å². The molecule has 0 aliphatic carbocycles. The molecule has 26 heavy (non-hydrogen) atoms. The molecule has 0 heterocycles. The number of halogens is 4. The number of carbonyl (C=O) groups excluding carboxylic acids is 1. The second-order valence-electron chi connectivity index (χ2n) is 5.54. The van der Waals surface area contributed by atoms with Crippen molar-refractivity contribution in [2.75, 3.05) is 7.11 Å². The first-order valence-corrected chi connectivity index (χ1v) is 7.64. The Labute approximate surface area is 147 Å². The standard InChI is InChI=1S/C19H15F4NO2/c1-26-18(16(25)10-11-24)17(13-7-3-5-9-15(13)20)12-6-2-4-8-14(12)19(21,22)23/h2-9,17-18H,10H2,1H3. The van der Waals surface area contributed by atoms with Gasteiger partial charge in [-0.3, -0.25) is 4.79 Å². The summed E-state index contributed by atoms with van der Waals surface area (Å²) in [4.78, 5) is 12.3. The summed E-state index contributed by atoms with van der Waals surface area (Å²) in [5.74, 6) is -2.83. The monoisotopic (exact) mass is 365 g/mol. The van der Waals surface area contributed by atoms with Crippen LogP contribution in [-0.4, -0.2) is 19.0 Å². The molecule has 0 N–H and O–H groups in total. The Morgan fingerprint density at radius 3 is 2.23 bits per heavy atom. The summed E-state index contributed by atoms with van der Waals surface area (Å²) in [6, 6.07) is 11.5. The highest BCUT2D eigenvalue weighted by molar-refractivity contribution is 5.86. The van der Waals surface area contributed by atoms with E-state index in [1.165, 1.54) is 36.4 Å². The molecule has 0 fully saturated rings. The molecule has 0 spiro atoms. The number of ether oxygens (including phenoxy) is 1. The van der Waals surface area contributed by atoms with Gasteiger partial charge in [-0.25, -0.2) is 4.39 Å². The molecule has 2 aromatic rings. The van der Waals surface area contributed by atoms with E-state index < -0.39 is 41.8 Å². The highest BCUT2D eigenvalue weighted by Crippen LogP contribution is 2.40. The number of methoxy groups -OCH3 is 1. The van der Waals surface area contributed by atoms with E-state index in [1.807, 2.05) is 0 Å². The van der Waals surface area contributed by atoms with Gasteiger partial charge in [0.15, 0.2) is 5.78 Å². The van der Waals surface area contributed by atoms with E-state index in [4.69, 9.17) is 10.00 Å². The Hall–Kier alpha value is -2.72. The van der Waals surface area contributed by atoms with Crippen molar-refractivity contribution in [3.8, 4) is 6.07 Å². The number of rotatable bonds is 6. The van der Waals surface area contributed by atoms with E-state index in [0.717, 1.165) is 19.2 Å². The quantitative estimate of drug-likeness (QED) is 0.710. The van der Waals surface area contributed by atoms with Crippen LogP contribution in [0.1, 0.15) is 29.0 Å². The number of hydrogen-bond donors (Lipinski definition) is 0. The topological polar surface area (TPSA) is 50.1 Å². The molecular formula is C19H15F4NO2. The maximum Gasteiger partial charge on any atom is 0.416 e. The van der Waals surface area contributed by atoms with E-state index in [9.17, 15) is 22.4 Å². The second kappa shape index (κ2) is 8.11. The van der Waals surface area contributed by atoms with Crippen LogP contribution < -0.4 is 0 Å². The molecule has 0 aromatic heterocycles. The molecule has 0 saturated heterocycles. The van der Waals surface area contributed by atoms with Crippen LogP contribution in [0.5, 0.6) is 0 Å². The van der Waals surface area contributed by atoms with Crippen molar-refractivity contribution in [1.82, 2.24) is 0 Å². The Morgan fingerprint density at radius 2 is 1.69 bits per heavy atom. The van der Waals surface area contributed by atoms with Gasteiger partial charge in [-0.2, -0.15) is 18.4 Å². The molecule has 0 radical (unpaired) electrons. The molecular weight excluding hydrogens is 350 g/mol. The van der Waals surface area contributed by atoms with Gasteiger partial charge < -0.3 is 4.74 Å². The zero-order valence-electron chi connectivity index (χ0n) is 13.8. The first-order chi connectivity index (χ1) is 12.3. The van der Waals surface area contributed by atoms with Gasteiger partial charge >= 0.3 is 6.18 Å². The van der Waals surface area contributed by atoms with Gasteiger partial charge in [-0.1, -0.05) is 36.4 Å². The summed E-state index contributed by atoms with van der Waals surface area (Å²) in [7, 11) is 1.14. The Bertz CT molecular complexity index is 827. The molecule has 2 aromatic carbocycles. The van der Waals surface area contributed by atoms with Crippen molar-refractivity contribution in [3.63, 3.8) is 0 Å². The molecule has 2 atom stereocenters. The lowest BCUT2D eigenvalue weighted by molar-refractivity contribution is -0.139. The lowest BCUT2D eigenvalue weighted by Gasteiger charge is -2.28. The van der Waals surface area contributed by atoms with Gasteiger partial charge in [-0.15, -0.1) is 0 Å². The predicted octanol–water partition coefficient (Wildman–Crippen LogP) is 4.47. The molecule has 2 rings (SSSR count). The first-order valence-electron chi connectivity index (χ1n) is 7.64. The maximum absolute atomic E-state index is 14.4. The highest BCUT2D eigenvalue weighted by atomic mass is 19.4. The number of alkyl halides is 3. The fraction of sp³-hybridized carbons (Fsp3) is 0.263. The van der Waals surface area contributed by atoms with E-state index in [0.29, 0.717) is 0 Å². The van der Waals surface area contributed by atoms with Crippen molar-refractivity contribution >= 4 is 5.78 Å². The average Bonchev–Trinajstić information content (AvgIpc) is 2.60. The van der Waals surface area contributed by atoms with Crippen LogP contribution >= 0.6 is 0 Å². The van der Waals surface area contributed by atoms with Crippen LogP contribution in [-0.2, 0) is 15.7 Å². The zero-order valence-corrected chi connectivity index (χ0v) is 13.8. The van der Waals surface area contributed by atoms with E-state index in [-0.39, 0.29) is 11.1 Å². The maximum atomic E-state index is 14.4. The minimum atomic E-state index is -4.70. The molecule has 0 saturated carbocycles. The summed E-state index contributed by atoms with van der Waals surface area (Å²) in [5.41, 5.74) is -1.38. The van der Waals surface area contributed by atoms with Gasteiger partial charge in [0.1, 0.15) is 11.9 Å². The first kappa shape index (κ1) is 19.6. The van der Waals surface area contributed by atoms with Crippen molar-refractivity contribution in [2.45, 2.75) is 24.6 Å². The number of nitriles is 1. The SMILES string of the molecule is COC(C(=O)CC#N)C(c1ccccc1F)c1ccccc1C(F)(F)F. The summed E-state index contributed by atoms with van der Waals surface area (Å²) < 4.78 is 59.9. The number of carbonyl (C=O) groups is 1. The lowest BCUT2D eigenvalue weighted by Crippen LogP contribution is -2.32. The van der Waals surface area contributed by atoms with Crippen LogP contribution in [0.15, 0.2) is 48.5 Å². The van der Waals surface area contributed by atoms with Gasteiger partial charge in [0.05, 0.1) is 18.1 Å². The van der Waals surface area contributed by atoms with Crippen molar-refractivity contribution in [2.24, 2.45) is 0 Å². The van der Waals surface area contributed by atoms with Crippen molar-refractivity contribution in [3.05, 3.63) is 71.0 Å². The molecule has 0 amide bonds. The largest absolute Gasteiger partial charge is 0.416 e. The molecule has 0 bridgehead atoms. The van der Waals surface area contributed by atoms with Crippen LogP contribution in [0.2, 0.25) is 0 Å². The normalized spacial score (nSPS) is 13.7. The number of Topliss-reactive ketones (excluding diaryl/α,β-unsaturated/α-hetero) is 1. The Kier molecular flexibility index (Phi) is 6.11. The van der Waals surface area contributed by atoms with E-state index in [2.05, 4.69) is 0 Å². The zero-order chi connectivity index (χ0) is 19.3. The van der Waals surface area contributed by atoms with Crippen LogP contribution in [0.25, 0.3) is 0 Å². The van der Waals surface area contributed by atoms with Crippen LogP contribution in [0.4, 0.5) is 17.6 Å². The van der Waals surface area contributed by atoms with Gasteiger partial charge in [0.2, 0.25) is 0 Å². The lowest BCUT2D eigenvalue weighted by atomic mass is 9.81. The fourth-order valence-electron chi connectivity index (χ4n) is 2.88. The van der Waals surface area contributed by atoms with Crippen molar-refractivity contribution < 1.29 is 27.1 Å². The molecule has 136 valence electrons. The number of hydrogen-bond acceptors (Lipinski definition) is 3. The Balaban J connectivity index is 2.73. The van der Waals surface area contributed by atoms with Crippen LogP contribution in [0.3, 0.4) is 0 Å². The second-order valence-corrected chi connectivity index (χ2v) is 5.54. The highest BCUT2D eigenvalue weighted by Gasteiger charge is 2.40. The summed E-state index contributed by atoms with van der Waals surface area (Å²) >= 11 is 0. The summed E-state index contributed by atoms with van der Waals surface area (Å²) in [5, 5.41) is 8.76. The van der Waals surface area contributed by atoms with Gasteiger partial charge in [-0.05, 0) is 23.3 Å². The third-order valence-corrected chi connectivity index (χ3v) is 3.97. The predicted molar refractivity (Wildman–Crippen MR) is 85.7 cm³/mol. The van der Waals surface area contributed by atoms with E-state index in [1.54, 1.807) is 6.07 Å². The molecule has 7 heteroatoms. The fourth-order valence-corrected chi connectivity index (χ4v) is 2.88. The number of ketones is 1. The number of benzene rings is 2. The van der Waals surface area contributed by atoms with E-state index >= 15 is 0 Å². The summed E-state index contributed by atoms with van der Waals surface area (Å²) in [6.45, 7) is 0. The van der Waals surface area contributed by atoms with Gasteiger partial charge in [0.25, 0.3) is 0 Å². The molecule has 0 aliphatic heterocycles. The molecule has 2 unspecified atom stereocenters. The minimum Gasteiger partial charge on any atom is -0.373 e. The molecule has 0 aliphatic rings. The Morgan fingerprint density at radius 1 is 1.12 bits per heavy atom. The third-order valence-electron chi connectivity index (χ3n) is 3.97. The summed E-state index contributed by atoms with van der Waals surface area (Å²) in [6.07, 6.45) is -6.69. The minimum absolute atomic E-state index is 0.109. The third kappa shape index (κ3) is 4.09. The number of nitrogens with zero attached hydrogens (tertiary/aromatic N) is 1. The molecule has 3 nitrogen and oxygen atoms in total. The average molecular weight is 365 g/mol.